The highest BCUT2D eigenvalue weighted by atomic mass is 16.6. The number of carboxylic acids is 1. The molecule has 4 unspecified atom stereocenters. The quantitative estimate of drug-likeness (QED) is 0.0485. The zero-order valence-electron chi connectivity index (χ0n) is 44.9. The molecular weight excluding hydrogens is 1030 g/mol. The van der Waals surface area contributed by atoms with Crippen LogP contribution < -0.4 is 5.32 Å². The van der Waals surface area contributed by atoms with Crippen molar-refractivity contribution in [2.24, 2.45) is 16.7 Å². The molecule has 22 nitrogen and oxygen atoms in total. The van der Waals surface area contributed by atoms with Gasteiger partial charge in [0.15, 0.2) is 17.5 Å². The van der Waals surface area contributed by atoms with Gasteiger partial charge in [0.05, 0.1) is 62.3 Å². The number of rotatable bonds is 20. The summed E-state index contributed by atoms with van der Waals surface area (Å²) in [5.74, 6) is -9.78. The highest BCUT2D eigenvalue weighted by Crippen LogP contribution is 2.64. The fourth-order valence-electron chi connectivity index (χ4n) is 11.5. The van der Waals surface area contributed by atoms with E-state index >= 15 is 9.59 Å². The van der Waals surface area contributed by atoms with Gasteiger partial charge in [0.2, 0.25) is 6.10 Å². The van der Waals surface area contributed by atoms with Crippen LogP contribution >= 0.6 is 0 Å². The molecule has 7 rings (SSSR count). The molecule has 0 spiro atoms. The van der Waals surface area contributed by atoms with E-state index in [9.17, 15) is 44.1 Å². The van der Waals surface area contributed by atoms with E-state index in [1.54, 1.807) is 71.6 Å². The number of hydrogen-bond acceptors (Lipinski definition) is 20. The van der Waals surface area contributed by atoms with Gasteiger partial charge in [-0.25, -0.2) is 9.59 Å². The van der Waals surface area contributed by atoms with E-state index < -0.39 is 137 Å². The van der Waals surface area contributed by atoms with Gasteiger partial charge >= 0.3 is 35.8 Å². The number of ether oxygens (including phenoxy) is 6. The van der Waals surface area contributed by atoms with Gasteiger partial charge in [-0.15, -0.1) is 0 Å². The third kappa shape index (κ3) is 12.9. The van der Waals surface area contributed by atoms with E-state index in [1.807, 2.05) is 0 Å². The Labute approximate surface area is 456 Å². The molecule has 3 fully saturated rings. The minimum absolute atomic E-state index is 0.0221. The molecule has 7 N–H and O–H groups in total. The van der Waals surface area contributed by atoms with Gasteiger partial charge in [-0.2, -0.15) is 0 Å². The number of carbonyl (C=O) groups excluding carboxylic acids is 7. The minimum Gasteiger partial charge on any atom is -0.481 e. The Kier molecular flexibility index (Phi) is 20.1. The van der Waals surface area contributed by atoms with Crippen LogP contribution in [-0.4, -0.2) is 177 Å². The van der Waals surface area contributed by atoms with Crippen LogP contribution in [0.4, 0.5) is 0 Å². The third-order valence-electron chi connectivity index (χ3n) is 15.5. The molecule has 0 radical (unpaired) electrons. The maximum atomic E-state index is 15.7. The number of carbonyl (C=O) groups is 8. The van der Waals surface area contributed by atoms with Crippen molar-refractivity contribution in [3.05, 3.63) is 119 Å². The summed E-state index contributed by atoms with van der Waals surface area (Å²) >= 11 is 0. The molecule has 1 saturated heterocycles. The number of hydrogen-bond donors (Lipinski definition) is 7. The first-order valence-corrected chi connectivity index (χ1v) is 25.9. The van der Waals surface area contributed by atoms with Crippen LogP contribution in [0.1, 0.15) is 99.5 Å². The van der Waals surface area contributed by atoms with E-state index in [1.165, 1.54) is 52.0 Å². The number of aliphatic carboxylic acids is 1. The van der Waals surface area contributed by atoms with Gasteiger partial charge in [-0.05, 0) is 54.8 Å². The molecule has 3 aromatic rings. The van der Waals surface area contributed by atoms with Gasteiger partial charge in [-0.1, -0.05) is 80.6 Å². The second kappa shape index (κ2) is 25.9. The van der Waals surface area contributed by atoms with Gasteiger partial charge in [-0.3, -0.25) is 33.7 Å². The summed E-state index contributed by atoms with van der Waals surface area (Å²) < 4.78 is 36.3. The Morgan fingerprint density at radius 3 is 1.84 bits per heavy atom. The van der Waals surface area contributed by atoms with Crippen LogP contribution in [0.3, 0.4) is 0 Å². The monoisotopic (exact) mass is 1100 g/mol. The van der Waals surface area contributed by atoms with Crippen LogP contribution in [-0.2, 0) is 57.2 Å². The van der Waals surface area contributed by atoms with Crippen molar-refractivity contribution in [1.29, 1.82) is 0 Å². The fourth-order valence-corrected chi connectivity index (χ4v) is 11.5. The molecule has 22 heteroatoms. The topological polar surface area (TPSA) is 329 Å². The number of esters is 5. The van der Waals surface area contributed by atoms with Crippen molar-refractivity contribution in [3.63, 3.8) is 0 Å². The van der Waals surface area contributed by atoms with E-state index in [-0.39, 0.29) is 60.7 Å². The largest absolute Gasteiger partial charge is 0.481 e. The van der Waals surface area contributed by atoms with Crippen molar-refractivity contribution in [2.45, 2.75) is 121 Å². The number of amides is 1. The molecule has 3 aliphatic carbocycles. The lowest BCUT2D eigenvalue weighted by Crippen LogP contribution is -2.82. The first-order chi connectivity index (χ1) is 37.4. The Hall–Kier alpha value is -6.92. The molecule has 79 heavy (non-hydrogen) atoms. The molecule has 4 aliphatic rings. The number of benzene rings is 3. The maximum absolute atomic E-state index is 15.7. The van der Waals surface area contributed by atoms with Crippen LogP contribution in [0.15, 0.2) is 102 Å². The van der Waals surface area contributed by atoms with Crippen molar-refractivity contribution in [2.75, 3.05) is 46.1 Å². The summed E-state index contributed by atoms with van der Waals surface area (Å²) in [6.45, 7) is 9.44. The number of Topliss-reactive ketones (excluding diaryl/α,β-unsaturated/α-hetero) is 1. The molecule has 3 aromatic carbocycles. The number of ketones is 1. The SMILES string of the molecule is CC(=O)OC1C(=O)[C@@]2(C)[C@H]([C@H](OC(=O)c3ccccc3)[C@]3(O)CC(OC(=O)C(OC(=O)CCC(=O)O)C(NC(=O)c4ccccc4)c4ccccc4)C(C)=C1C3(C)C)[C@]1(OC(C)=O)CO[C@@H]1C[C@@H]2O.OCCN(CCO)CCO. The average Bonchev–Trinajstić information content (AvgIpc) is 3.30. The van der Waals surface area contributed by atoms with Crippen molar-refractivity contribution in [3.8, 4) is 0 Å². The number of carboxylic acid groups (broad SMARTS) is 1. The number of nitrogens with zero attached hydrogens (tertiary/aromatic N) is 1. The lowest BCUT2D eigenvalue weighted by atomic mass is 9.44. The van der Waals surface area contributed by atoms with Gasteiger partial charge < -0.3 is 64.4 Å². The molecule has 428 valence electrons. The van der Waals surface area contributed by atoms with Crippen LogP contribution in [0.25, 0.3) is 0 Å². The lowest BCUT2D eigenvalue weighted by molar-refractivity contribution is -0.346. The summed E-state index contributed by atoms with van der Waals surface area (Å²) in [5, 5.41) is 63.6. The van der Waals surface area contributed by atoms with Gasteiger partial charge in [0, 0.05) is 57.3 Å². The summed E-state index contributed by atoms with van der Waals surface area (Å²) in [6, 6.07) is 22.1. The molecule has 0 aromatic heterocycles. The Morgan fingerprint density at radius 1 is 0.772 bits per heavy atom. The zero-order valence-corrected chi connectivity index (χ0v) is 44.9. The molecule has 1 aliphatic heterocycles. The highest BCUT2D eigenvalue weighted by molar-refractivity contribution is 5.96. The molecule has 11 atom stereocenters. The Bertz CT molecular complexity index is 2710. The number of aliphatic hydroxyl groups is 5. The summed E-state index contributed by atoms with van der Waals surface area (Å²) in [7, 11) is 0. The second-order valence-corrected chi connectivity index (χ2v) is 20.7. The number of fused-ring (bicyclic) bond motifs is 5. The first-order valence-electron chi connectivity index (χ1n) is 25.9. The van der Waals surface area contributed by atoms with Crippen molar-refractivity contribution < 1.29 is 97.4 Å². The smallest absolute Gasteiger partial charge is 0.350 e. The predicted molar refractivity (Wildman–Crippen MR) is 276 cm³/mol. The lowest BCUT2D eigenvalue weighted by Gasteiger charge is -2.67. The van der Waals surface area contributed by atoms with Gasteiger partial charge in [0.25, 0.3) is 5.91 Å². The van der Waals surface area contributed by atoms with Crippen LogP contribution in [0.5, 0.6) is 0 Å². The first kappa shape index (κ1) is 61.3. The van der Waals surface area contributed by atoms with Crippen molar-refractivity contribution in [1.82, 2.24) is 10.2 Å². The Morgan fingerprint density at radius 2 is 1.33 bits per heavy atom. The Balaban J connectivity index is 0.000000916. The average molecular weight is 1100 g/mol. The van der Waals surface area contributed by atoms with Crippen molar-refractivity contribution >= 4 is 47.5 Å². The highest BCUT2D eigenvalue weighted by Gasteiger charge is 2.78. The van der Waals surface area contributed by atoms with Crippen LogP contribution in [0, 0.1) is 16.7 Å². The molecule has 1 amide bonds. The molecule has 2 saturated carbocycles. The van der Waals surface area contributed by atoms with Gasteiger partial charge in [0.1, 0.15) is 30.0 Å². The van der Waals surface area contributed by atoms with E-state index in [4.69, 9.17) is 43.7 Å². The molecule has 2 bridgehead atoms. The standard InChI is InChI=1S/C51H55NO17.C6H15NO3/c1-27-33(66-47(62)41(67-37(58)23-22-36(56)57)39(30-16-10-7-11-17-30)52-45(60)31-18-12-8-13-19-31)25-51(63)44(68-46(61)32-20-14-9-15-21-32)42-49(6,34(55)24-35-50(42,26-64-35)69-29(3)54)43(59)40(65-28(2)53)38(27)48(51,4)5;8-4-1-7(2-5-9)3-6-10/h7-21,33-35,39-42,44,55,63H,22-26H2,1-6H3,(H,52,60)(H,56,57);8-10H,1-6H2/t33?,34-,35+,39?,40?,41?,42-,44-,49+,50-,51+;/m0./s1. The zero-order chi connectivity index (χ0) is 58.0. The molecule has 1 heterocycles. The predicted octanol–water partition coefficient (Wildman–Crippen LogP) is 2.42. The van der Waals surface area contributed by atoms with Crippen LogP contribution in [0.2, 0.25) is 0 Å². The number of aliphatic hydroxyl groups excluding tert-OH is 4. The summed E-state index contributed by atoms with van der Waals surface area (Å²) in [4.78, 5) is 112. The second-order valence-electron chi connectivity index (χ2n) is 20.7. The summed E-state index contributed by atoms with van der Waals surface area (Å²) in [6.07, 6.45) is -12.5. The minimum atomic E-state index is -2.50. The summed E-state index contributed by atoms with van der Waals surface area (Å²) in [5.41, 5.74) is -7.77. The molecular formula is C57H70N2O20. The fraction of sp³-hybridized carbons (Fsp3) is 0.509. The maximum Gasteiger partial charge on any atom is 0.350 e. The van der Waals surface area contributed by atoms with E-state index in [2.05, 4.69) is 5.32 Å². The third-order valence-corrected chi connectivity index (χ3v) is 15.5. The normalized spacial score (nSPS) is 27.3. The number of nitrogens with one attached hydrogen (secondary N) is 1. The van der Waals surface area contributed by atoms with E-state index in [0.29, 0.717) is 19.6 Å². The van der Waals surface area contributed by atoms with E-state index in [0.717, 1.165) is 13.8 Å².